The van der Waals surface area contributed by atoms with Crippen LogP contribution in [0.2, 0.25) is 0 Å². The van der Waals surface area contributed by atoms with Crippen LogP contribution in [0.3, 0.4) is 0 Å². The Kier molecular flexibility index (Phi) is 3.97. The average molecular weight is 308 g/mol. The van der Waals surface area contributed by atoms with Crippen molar-refractivity contribution in [3.63, 3.8) is 0 Å². The average Bonchev–Trinajstić information content (AvgIpc) is 3.02. The molecular formula is C15H20N2O3S. The predicted octanol–water partition coefficient (Wildman–Crippen LogP) is 2.24. The minimum absolute atomic E-state index is 0.0814. The maximum Gasteiger partial charge on any atom is 0.326 e. The molecule has 1 amide bonds. The highest BCUT2D eigenvalue weighted by Crippen LogP contribution is 2.40. The van der Waals surface area contributed by atoms with Crippen molar-refractivity contribution in [2.45, 2.75) is 57.5 Å². The van der Waals surface area contributed by atoms with Crippen LogP contribution < -0.4 is 0 Å². The highest BCUT2D eigenvalue weighted by Gasteiger charge is 2.47. The predicted molar refractivity (Wildman–Crippen MR) is 79.2 cm³/mol. The summed E-state index contributed by atoms with van der Waals surface area (Å²) in [4.78, 5) is 30.1. The molecule has 1 aliphatic heterocycles. The highest BCUT2D eigenvalue weighted by atomic mass is 32.1. The van der Waals surface area contributed by atoms with E-state index in [-0.39, 0.29) is 18.4 Å². The maximum atomic E-state index is 12.6. The molecule has 0 spiro atoms. The summed E-state index contributed by atoms with van der Waals surface area (Å²) in [5.41, 5.74) is 0.755. The molecule has 1 N–H and O–H groups in total. The Labute approximate surface area is 128 Å². The van der Waals surface area contributed by atoms with Crippen molar-refractivity contribution >= 4 is 23.2 Å². The van der Waals surface area contributed by atoms with Crippen molar-refractivity contribution < 1.29 is 14.7 Å². The summed E-state index contributed by atoms with van der Waals surface area (Å²) in [6.45, 7) is 1.91. The van der Waals surface area contributed by atoms with Crippen LogP contribution in [-0.4, -0.2) is 39.0 Å². The van der Waals surface area contributed by atoms with Crippen molar-refractivity contribution in [3.05, 3.63) is 16.1 Å². The van der Waals surface area contributed by atoms with E-state index in [2.05, 4.69) is 4.98 Å². The summed E-state index contributed by atoms with van der Waals surface area (Å²) in [5, 5.41) is 12.3. The topological polar surface area (TPSA) is 70.5 Å². The number of carboxylic acid groups (broad SMARTS) is 1. The van der Waals surface area contributed by atoms with E-state index < -0.39 is 12.0 Å². The zero-order valence-electron chi connectivity index (χ0n) is 12.1. The third-order valence-corrected chi connectivity index (χ3v) is 5.48. The van der Waals surface area contributed by atoms with Crippen molar-refractivity contribution in [1.29, 1.82) is 0 Å². The Morgan fingerprint density at radius 3 is 2.86 bits per heavy atom. The highest BCUT2D eigenvalue weighted by molar-refractivity contribution is 7.09. The normalized spacial score (nSPS) is 28.4. The molecule has 1 aromatic heterocycles. The van der Waals surface area contributed by atoms with Crippen LogP contribution >= 0.6 is 11.3 Å². The number of aryl methyl sites for hydroxylation is 1. The van der Waals surface area contributed by atoms with Crippen molar-refractivity contribution in [2.75, 3.05) is 0 Å². The molecule has 0 bridgehead atoms. The Morgan fingerprint density at radius 1 is 1.43 bits per heavy atom. The first-order valence-electron chi connectivity index (χ1n) is 7.51. The van der Waals surface area contributed by atoms with Gasteiger partial charge in [0.05, 0.1) is 17.1 Å². The van der Waals surface area contributed by atoms with Gasteiger partial charge >= 0.3 is 5.97 Å². The molecule has 3 atom stereocenters. The molecule has 21 heavy (non-hydrogen) atoms. The van der Waals surface area contributed by atoms with Gasteiger partial charge in [0.2, 0.25) is 5.91 Å². The minimum atomic E-state index is -0.868. The number of carboxylic acids is 1. The molecule has 3 unspecified atom stereocenters. The SMILES string of the molecule is Cc1nc(CC(=O)N2C(C(=O)O)CC3CCCCC32)cs1. The van der Waals surface area contributed by atoms with Gasteiger partial charge in [0.1, 0.15) is 6.04 Å². The number of nitrogens with zero attached hydrogens (tertiary/aromatic N) is 2. The molecule has 6 heteroatoms. The fourth-order valence-electron chi connectivity index (χ4n) is 3.77. The number of rotatable bonds is 3. The second-order valence-corrected chi connectivity index (χ2v) is 7.10. The fraction of sp³-hybridized carbons (Fsp3) is 0.667. The van der Waals surface area contributed by atoms with Gasteiger partial charge in [0, 0.05) is 11.4 Å². The number of aromatic nitrogens is 1. The molecule has 2 fully saturated rings. The maximum absolute atomic E-state index is 12.6. The molecule has 1 saturated carbocycles. The van der Waals surface area contributed by atoms with Gasteiger partial charge in [-0.25, -0.2) is 9.78 Å². The van der Waals surface area contributed by atoms with Gasteiger partial charge in [0.15, 0.2) is 0 Å². The van der Waals surface area contributed by atoms with Gasteiger partial charge in [0.25, 0.3) is 0 Å². The lowest BCUT2D eigenvalue weighted by Gasteiger charge is -2.32. The Bertz CT molecular complexity index is 557. The van der Waals surface area contributed by atoms with Crippen LogP contribution in [0, 0.1) is 12.8 Å². The number of aliphatic carboxylic acids is 1. The number of carbonyl (C=O) groups is 2. The Balaban J connectivity index is 1.79. The summed E-state index contributed by atoms with van der Waals surface area (Å²) in [5.74, 6) is -0.588. The molecule has 2 aliphatic rings. The molecule has 3 rings (SSSR count). The van der Waals surface area contributed by atoms with Crippen molar-refractivity contribution in [2.24, 2.45) is 5.92 Å². The van der Waals surface area contributed by atoms with E-state index in [9.17, 15) is 14.7 Å². The summed E-state index contributed by atoms with van der Waals surface area (Å²) < 4.78 is 0. The van der Waals surface area contributed by atoms with Crippen LogP contribution in [0.4, 0.5) is 0 Å². The molecule has 0 aromatic carbocycles. The number of carbonyl (C=O) groups excluding carboxylic acids is 1. The van der Waals surface area contributed by atoms with Gasteiger partial charge in [-0.15, -0.1) is 11.3 Å². The largest absolute Gasteiger partial charge is 0.480 e. The number of likely N-dealkylation sites (tertiary alicyclic amines) is 1. The molecule has 114 valence electrons. The molecule has 1 aliphatic carbocycles. The van der Waals surface area contributed by atoms with Crippen LogP contribution in [0.5, 0.6) is 0 Å². The first kappa shape index (κ1) is 14.5. The molecule has 5 nitrogen and oxygen atoms in total. The van der Waals surface area contributed by atoms with E-state index >= 15 is 0 Å². The first-order valence-corrected chi connectivity index (χ1v) is 8.39. The van der Waals surface area contributed by atoms with E-state index in [1.54, 1.807) is 4.90 Å². The van der Waals surface area contributed by atoms with E-state index in [1.807, 2.05) is 12.3 Å². The number of hydrogen-bond donors (Lipinski definition) is 1. The number of hydrogen-bond acceptors (Lipinski definition) is 4. The van der Waals surface area contributed by atoms with E-state index in [4.69, 9.17) is 0 Å². The number of thiazole rings is 1. The molecular weight excluding hydrogens is 288 g/mol. The van der Waals surface area contributed by atoms with Crippen LogP contribution in [-0.2, 0) is 16.0 Å². The van der Waals surface area contributed by atoms with Crippen molar-refractivity contribution in [1.82, 2.24) is 9.88 Å². The first-order chi connectivity index (χ1) is 10.1. The molecule has 2 heterocycles. The summed E-state index contributed by atoms with van der Waals surface area (Å²) in [7, 11) is 0. The van der Waals surface area contributed by atoms with Crippen LogP contribution in [0.15, 0.2) is 5.38 Å². The lowest BCUT2D eigenvalue weighted by Crippen LogP contribution is -2.46. The third kappa shape index (κ3) is 2.81. The standard InChI is InChI=1S/C15H20N2O3S/c1-9-16-11(8-21-9)7-14(18)17-12-5-3-2-4-10(12)6-13(17)15(19)20/h8,10,12-13H,2-7H2,1H3,(H,19,20). The summed E-state index contributed by atoms with van der Waals surface area (Å²) in [6.07, 6.45) is 5.07. The van der Waals surface area contributed by atoms with Crippen LogP contribution in [0.25, 0.3) is 0 Å². The van der Waals surface area contributed by atoms with E-state index in [0.717, 1.165) is 36.4 Å². The molecule has 1 saturated heterocycles. The van der Waals surface area contributed by atoms with Gasteiger partial charge in [-0.2, -0.15) is 0 Å². The second-order valence-electron chi connectivity index (χ2n) is 6.04. The monoisotopic (exact) mass is 308 g/mol. The summed E-state index contributed by atoms with van der Waals surface area (Å²) >= 11 is 1.52. The molecule has 1 aromatic rings. The third-order valence-electron chi connectivity index (χ3n) is 4.66. The van der Waals surface area contributed by atoms with E-state index in [0.29, 0.717) is 12.3 Å². The smallest absolute Gasteiger partial charge is 0.326 e. The van der Waals surface area contributed by atoms with Crippen molar-refractivity contribution in [3.8, 4) is 0 Å². The van der Waals surface area contributed by atoms with Gasteiger partial charge in [-0.1, -0.05) is 12.8 Å². The quantitative estimate of drug-likeness (QED) is 0.929. The summed E-state index contributed by atoms with van der Waals surface area (Å²) in [6, 6.07) is -0.530. The van der Waals surface area contributed by atoms with E-state index in [1.165, 1.54) is 11.3 Å². The Morgan fingerprint density at radius 2 is 2.19 bits per heavy atom. The zero-order valence-corrected chi connectivity index (χ0v) is 12.9. The number of fused-ring (bicyclic) bond motifs is 1. The zero-order chi connectivity index (χ0) is 15.0. The van der Waals surface area contributed by atoms with Crippen LogP contribution in [0.1, 0.15) is 42.8 Å². The van der Waals surface area contributed by atoms with Gasteiger partial charge in [-0.05, 0) is 32.1 Å². The number of amides is 1. The fourth-order valence-corrected chi connectivity index (χ4v) is 4.39. The van der Waals surface area contributed by atoms with Gasteiger partial charge < -0.3 is 10.0 Å². The lowest BCUT2D eigenvalue weighted by atomic mass is 9.84. The van der Waals surface area contributed by atoms with Gasteiger partial charge in [-0.3, -0.25) is 4.79 Å². The Hall–Kier alpha value is -1.43. The second kappa shape index (κ2) is 5.75. The minimum Gasteiger partial charge on any atom is -0.480 e. The molecule has 0 radical (unpaired) electrons. The lowest BCUT2D eigenvalue weighted by molar-refractivity contribution is -0.149.